The van der Waals surface area contributed by atoms with Gasteiger partial charge in [-0.1, -0.05) is 6.08 Å². The zero-order valence-electron chi connectivity index (χ0n) is 19.0. The fourth-order valence-corrected chi connectivity index (χ4v) is 3.65. The van der Waals surface area contributed by atoms with Crippen molar-refractivity contribution in [2.75, 3.05) is 18.4 Å². The number of anilines is 1. The Morgan fingerprint density at radius 3 is 2.63 bits per heavy atom. The summed E-state index contributed by atoms with van der Waals surface area (Å²) < 4.78 is 40.1. The third-order valence-electron chi connectivity index (χ3n) is 5.40. The first-order chi connectivity index (χ1) is 16.4. The van der Waals surface area contributed by atoms with Crippen molar-refractivity contribution >= 4 is 29.4 Å². The van der Waals surface area contributed by atoms with Crippen LogP contribution < -0.4 is 16.2 Å². The second-order valence-electron chi connectivity index (χ2n) is 8.14. The minimum atomic E-state index is -4.41. The van der Waals surface area contributed by atoms with Gasteiger partial charge in [0.15, 0.2) is 0 Å². The average molecular weight is 500 g/mol. The number of nitrogens with one attached hydrogen (secondary N) is 2. The summed E-state index contributed by atoms with van der Waals surface area (Å²) >= 11 is 0. The maximum Gasteiger partial charge on any atom is 0.393 e. The Kier molecular flexibility index (Phi) is 9.60. The highest BCUT2D eigenvalue weighted by atomic mass is 19.4. The van der Waals surface area contributed by atoms with Gasteiger partial charge in [-0.05, 0) is 37.8 Å². The number of carboxylic acids is 1. The predicted octanol–water partition coefficient (Wildman–Crippen LogP) is 1.51. The fourth-order valence-electron chi connectivity index (χ4n) is 3.65. The van der Waals surface area contributed by atoms with Crippen LogP contribution in [0.25, 0.3) is 0 Å². The summed E-state index contributed by atoms with van der Waals surface area (Å²) in [6.45, 7) is 0.383. The highest BCUT2D eigenvalue weighted by Crippen LogP contribution is 2.33. The lowest BCUT2D eigenvalue weighted by Crippen LogP contribution is -2.46. The second kappa shape index (κ2) is 12.2. The highest BCUT2D eigenvalue weighted by Gasteiger charge is 2.42. The first kappa shape index (κ1) is 27.6. The van der Waals surface area contributed by atoms with Crippen LogP contribution in [0.3, 0.4) is 0 Å². The number of likely N-dealkylation sites (tertiary alicyclic amines) is 1. The molecule has 0 spiro atoms. The lowest BCUT2D eigenvalue weighted by Gasteiger charge is -2.33. The van der Waals surface area contributed by atoms with E-state index in [1.807, 2.05) is 0 Å². The molecule has 1 aliphatic rings. The summed E-state index contributed by atoms with van der Waals surface area (Å²) in [6.07, 6.45) is -0.554. The number of rotatable bonds is 9. The van der Waals surface area contributed by atoms with Gasteiger partial charge < -0.3 is 25.2 Å². The van der Waals surface area contributed by atoms with Gasteiger partial charge in [-0.3, -0.25) is 19.2 Å². The number of carboxylic acid groups (broad SMARTS) is 1. The Labute approximate surface area is 198 Å². The van der Waals surface area contributed by atoms with Crippen molar-refractivity contribution in [2.45, 2.75) is 51.4 Å². The van der Waals surface area contributed by atoms with Gasteiger partial charge in [-0.25, -0.2) is 4.79 Å². The monoisotopic (exact) mass is 500 g/mol. The van der Waals surface area contributed by atoms with Crippen LogP contribution in [0.4, 0.5) is 18.9 Å². The Bertz CT molecular complexity index is 1040. The SMILES string of the molecule is CC(=O)NC(CCC=CC(=O)O)C(=O)Nc1cccn(CC(=O)N2CCCC(C(F)(F)F)C2)c1=O. The van der Waals surface area contributed by atoms with Crippen LogP contribution in [0.2, 0.25) is 0 Å². The van der Waals surface area contributed by atoms with Crippen LogP contribution >= 0.6 is 0 Å². The van der Waals surface area contributed by atoms with E-state index >= 15 is 0 Å². The number of nitrogens with zero attached hydrogens (tertiary/aromatic N) is 2. The third-order valence-corrected chi connectivity index (χ3v) is 5.40. The quantitative estimate of drug-likeness (QED) is 0.440. The van der Waals surface area contributed by atoms with Gasteiger partial charge in [0.2, 0.25) is 17.7 Å². The maximum atomic E-state index is 13.0. The molecular formula is C22H27F3N4O6. The molecule has 0 aromatic carbocycles. The molecule has 3 amide bonds. The Morgan fingerprint density at radius 1 is 1.29 bits per heavy atom. The van der Waals surface area contributed by atoms with E-state index in [2.05, 4.69) is 10.6 Å². The number of halogens is 3. The van der Waals surface area contributed by atoms with Gasteiger partial charge in [0.05, 0.1) is 5.92 Å². The van der Waals surface area contributed by atoms with Crippen LogP contribution in [0.15, 0.2) is 35.3 Å². The number of pyridine rings is 1. The molecule has 1 aromatic rings. The molecule has 10 nitrogen and oxygen atoms in total. The van der Waals surface area contributed by atoms with Crippen molar-refractivity contribution in [3.63, 3.8) is 0 Å². The van der Waals surface area contributed by atoms with Gasteiger partial charge in [0, 0.05) is 32.3 Å². The van der Waals surface area contributed by atoms with Crippen molar-refractivity contribution in [1.29, 1.82) is 0 Å². The first-order valence-electron chi connectivity index (χ1n) is 10.9. The van der Waals surface area contributed by atoms with E-state index in [1.165, 1.54) is 31.3 Å². The molecule has 2 rings (SSSR count). The Morgan fingerprint density at radius 2 is 2.00 bits per heavy atom. The number of aliphatic carboxylic acids is 1. The van der Waals surface area contributed by atoms with E-state index in [1.54, 1.807) is 0 Å². The molecule has 35 heavy (non-hydrogen) atoms. The molecule has 0 bridgehead atoms. The summed E-state index contributed by atoms with van der Waals surface area (Å²) in [5.74, 6) is -4.66. The van der Waals surface area contributed by atoms with Crippen LogP contribution in [0, 0.1) is 5.92 Å². The fraction of sp³-hybridized carbons (Fsp3) is 0.500. The topological polar surface area (TPSA) is 138 Å². The molecule has 1 fully saturated rings. The van der Waals surface area contributed by atoms with Crippen LogP contribution in [-0.4, -0.2) is 63.6 Å². The first-order valence-corrected chi connectivity index (χ1v) is 10.9. The minimum absolute atomic E-state index is 0.0592. The standard InChI is InChI=1S/C22H27F3N4O6/c1-14(30)26-16(7-2-3-9-19(32)33)20(34)27-17-8-5-11-29(21(17)35)13-18(31)28-10-4-6-15(12-28)22(23,24)25/h3,5,8-9,11,15-16H,2,4,6-7,10,12-13H2,1H3,(H,26,30)(H,27,34)(H,32,33). The number of piperidine rings is 1. The van der Waals surface area contributed by atoms with Crippen LogP contribution in [0.5, 0.6) is 0 Å². The number of hydrogen-bond acceptors (Lipinski definition) is 5. The van der Waals surface area contributed by atoms with Gasteiger partial charge in [0.1, 0.15) is 18.3 Å². The maximum absolute atomic E-state index is 13.0. The summed E-state index contributed by atoms with van der Waals surface area (Å²) in [5, 5.41) is 13.4. The number of aromatic nitrogens is 1. The molecule has 1 aliphatic heterocycles. The summed E-state index contributed by atoms with van der Waals surface area (Å²) in [6, 6.07) is 1.62. The predicted molar refractivity (Wildman–Crippen MR) is 118 cm³/mol. The van der Waals surface area contributed by atoms with E-state index in [9.17, 15) is 37.1 Å². The van der Waals surface area contributed by atoms with E-state index in [0.717, 1.165) is 15.5 Å². The molecule has 1 saturated heterocycles. The lowest BCUT2D eigenvalue weighted by atomic mass is 9.97. The van der Waals surface area contributed by atoms with Gasteiger partial charge in [-0.15, -0.1) is 0 Å². The number of hydrogen-bond donors (Lipinski definition) is 3. The van der Waals surface area contributed by atoms with Crippen LogP contribution in [0.1, 0.15) is 32.6 Å². The summed E-state index contributed by atoms with van der Waals surface area (Å²) in [4.78, 5) is 61.1. The van der Waals surface area contributed by atoms with Crippen LogP contribution in [-0.2, 0) is 25.7 Å². The number of amides is 3. The number of carbonyl (C=O) groups excluding carboxylic acids is 3. The van der Waals surface area contributed by atoms with E-state index in [0.29, 0.717) is 0 Å². The Balaban J connectivity index is 2.09. The molecule has 192 valence electrons. The molecule has 2 heterocycles. The second-order valence-corrected chi connectivity index (χ2v) is 8.14. The number of allylic oxidation sites excluding steroid dienone is 1. The molecular weight excluding hydrogens is 473 g/mol. The van der Waals surface area contributed by atoms with Gasteiger partial charge in [-0.2, -0.15) is 13.2 Å². The normalized spacial score (nSPS) is 17.1. The zero-order chi connectivity index (χ0) is 26.2. The van der Waals surface area contributed by atoms with Gasteiger partial charge in [0.25, 0.3) is 5.56 Å². The van der Waals surface area contributed by atoms with Crippen molar-refractivity contribution in [3.05, 3.63) is 40.8 Å². The van der Waals surface area contributed by atoms with Gasteiger partial charge >= 0.3 is 12.1 Å². The molecule has 2 unspecified atom stereocenters. The zero-order valence-corrected chi connectivity index (χ0v) is 19.0. The van der Waals surface area contributed by atoms with E-state index < -0.39 is 60.5 Å². The molecule has 13 heteroatoms. The number of alkyl halides is 3. The van der Waals surface area contributed by atoms with Crippen molar-refractivity contribution in [3.8, 4) is 0 Å². The minimum Gasteiger partial charge on any atom is -0.478 e. The molecule has 0 saturated carbocycles. The number of carbonyl (C=O) groups is 4. The molecule has 3 N–H and O–H groups in total. The smallest absolute Gasteiger partial charge is 0.393 e. The van der Waals surface area contributed by atoms with Crippen molar-refractivity contribution < 1.29 is 37.5 Å². The average Bonchev–Trinajstić information content (AvgIpc) is 2.77. The lowest BCUT2D eigenvalue weighted by molar-refractivity contribution is -0.188. The molecule has 2 atom stereocenters. The Hall–Kier alpha value is -3.64. The third kappa shape index (κ3) is 8.58. The van der Waals surface area contributed by atoms with E-state index in [4.69, 9.17) is 5.11 Å². The molecule has 0 radical (unpaired) electrons. The highest BCUT2D eigenvalue weighted by molar-refractivity contribution is 5.96. The summed E-state index contributed by atoms with van der Waals surface area (Å²) in [7, 11) is 0. The summed E-state index contributed by atoms with van der Waals surface area (Å²) in [5.41, 5.74) is -0.931. The van der Waals surface area contributed by atoms with E-state index in [-0.39, 0.29) is 37.9 Å². The largest absolute Gasteiger partial charge is 0.478 e. The van der Waals surface area contributed by atoms with Crippen molar-refractivity contribution in [1.82, 2.24) is 14.8 Å². The molecule has 0 aliphatic carbocycles. The van der Waals surface area contributed by atoms with Crippen molar-refractivity contribution in [2.24, 2.45) is 5.92 Å². The molecule has 1 aromatic heterocycles.